The minimum atomic E-state index is 0.152. The van der Waals surface area contributed by atoms with Crippen LogP contribution in [0.1, 0.15) is 29.5 Å². The van der Waals surface area contributed by atoms with Crippen molar-refractivity contribution in [1.82, 2.24) is 9.78 Å². The van der Waals surface area contributed by atoms with E-state index in [2.05, 4.69) is 18.1 Å². The maximum absolute atomic E-state index is 12.8. The molecule has 0 N–H and O–H groups in total. The van der Waals surface area contributed by atoms with Crippen molar-refractivity contribution in [2.45, 2.75) is 32.6 Å². The van der Waals surface area contributed by atoms with Crippen molar-refractivity contribution in [1.29, 1.82) is 0 Å². The summed E-state index contributed by atoms with van der Waals surface area (Å²) in [4.78, 5) is 14.7. The van der Waals surface area contributed by atoms with Crippen LogP contribution in [0.4, 0.5) is 5.69 Å². The number of nitrogens with zero attached hydrogens (tertiary/aromatic N) is 3. The Morgan fingerprint density at radius 2 is 2.22 bits per heavy atom. The second kappa shape index (κ2) is 6.44. The van der Waals surface area contributed by atoms with E-state index in [1.165, 1.54) is 11.1 Å². The minimum absolute atomic E-state index is 0.152. The molecule has 122 valence electrons. The Balaban J connectivity index is 1.81. The van der Waals surface area contributed by atoms with Gasteiger partial charge in [0, 0.05) is 26.2 Å². The molecule has 5 heteroatoms. The summed E-state index contributed by atoms with van der Waals surface area (Å²) in [6.45, 7) is 2.86. The van der Waals surface area contributed by atoms with Gasteiger partial charge < -0.3 is 9.64 Å². The average molecular weight is 313 g/mol. The number of ether oxygens (including phenoxy) is 1. The van der Waals surface area contributed by atoms with Gasteiger partial charge in [-0.3, -0.25) is 9.48 Å². The highest BCUT2D eigenvalue weighted by Crippen LogP contribution is 2.38. The van der Waals surface area contributed by atoms with E-state index >= 15 is 0 Å². The monoisotopic (exact) mass is 313 g/mol. The first-order valence-electron chi connectivity index (χ1n) is 8.04. The molecule has 0 aliphatic carbocycles. The van der Waals surface area contributed by atoms with Gasteiger partial charge in [-0.2, -0.15) is 5.10 Å². The lowest BCUT2D eigenvalue weighted by Crippen LogP contribution is -2.36. The lowest BCUT2D eigenvalue weighted by Gasteiger charge is -2.32. The zero-order chi connectivity index (χ0) is 16.4. The molecule has 1 aliphatic rings. The van der Waals surface area contributed by atoms with Crippen molar-refractivity contribution in [3.05, 3.63) is 41.2 Å². The number of amides is 1. The summed E-state index contributed by atoms with van der Waals surface area (Å²) >= 11 is 0. The third kappa shape index (κ3) is 3.09. The van der Waals surface area contributed by atoms with Crippen LogP contribution in [0.2, 0.25) is 0 Å². The second-order valence-corrected chi connectivity index (χ2v) is 6.08. The number of benzene rings is 1. The van der Waals surface area contributed by atoms with Crippen molar-refractivity contribution in [2.75, 3.05) is 18.6 Å². The predicted octanol–water partition coefficient (Wildman–Crippen LogP) is 2.65. The molecule has 0 unspecified atom stereocenters. The molecule has 0 spiro atoms. The van der Waals surface area contributed by atoms with Crippen molar-refractivity contribution < 1.29 is 9.53 Å². The van der Waals surface area contributed by atoms with E-state index in [0.717, 1.165) is 36.4 Å². The van der Waals surface area contributed by atoms with Crippen LogP contribution in [-0.4, -0.2) is 29.3 Å². The van der Waals surface area contributed by atoms with E-state index in [4.69, 9.17) is 4.74 Å². The number of fused-ring (bicyclic) bond motifs is 1. The molecule has 1 aromatic heterocycles. The summed E-state index contributed by atoms with van der Waals surface area (Å²) in [6.07, 6.45) is 6.99. The van der Waals surface area contributed by atoms with Gasteiger partial charge in [-0.05, 0) is 48.9 Å². The third-order valence-electron chi connectivity index (χ3n) is 4.47. The first kappa shape index (κ1) is 15.6. The first-order valence-corrected chi connectivity index (χ1v) is 8.04. The van der Waals surface area contributed by atoms with Gasteiger partial charge in [0.25, 0.3) is 0 Å². The normalized spacial score (nSPS) is 13.8. The smallest absolute Gasteiger partial charge is 0.227 e. The molecule has 0 fully saturated rings. The van der Waals surface area contributed by atoms with Crippen LogP contribution in [0.25, 0.3) is 0 Å². The molecule has 2 aromatic rings. The predicted molar refractivity (Wildman–Crippen MR) is 89.9 cm³/mol. The summed E-state index contributed by atoms with van der Waals surface area (Å²) in [7, 11) is 3.55. The van der Waals surface area contributed by atoms with Gasteiger partial charge in [0.2, 0.25) is 5.91 Å². The molecule has 0 bridgehead atoms. The van der Waals surface area contributed by atoms with Crippen LogP contribution in [-0.2, 0) is 24.7 Å². The largest absolute Gasteiger partial charge is 0.495 e. The number of aryl methyl sites for hydroxylation is 3. The lowest BCUT2D eigenvalue weighted by molar-refractivity contribution is -0.118. The summed E-state index contributed by atoms with van der Waals surface area (Å²) in [5.41, 5.74) is 4.53. The average Bonchev–Trinajstić information content (AvgIpc) is 2.98. The molecule has 3 rings (SSSR count). The summed E-state index contributed by atoms with van der Waals surface area (Å²) < 4.78 is 7.27. The maximum atomic E-state index is 12.8. The van der Waals surface area contributed by atoms with Gasteiger partial charge in [-0.15, -0.1) is 0 Å². The van der Waals surface area contributed by atoms with E-state index < -0.39 is 0 Å². The topological polar surface area (TPSA) is 47.4 Å². The van der Waals surface area contributed by atoms with Gasteiger partial charge in [-0.1, -0.05) is 6.07 Å². The number of anilines is 1. The van der Waals surface area contributed by atoms with Crippen LogP contribution in [0.3, 0.4) is 0 Å². The molecular formula is C18H23N3O2. The van der Waals surface area contributed by atoms with Crippen LogP contribution >= 0.6 is 0 Å². The molecule has 0 radical (unpaired) electrons. The van der Waals surface area contributed by atoms with Gasteiger partial charge in [0.05, 0.1) is 19.0 Å². The number of hydrogen-bond donors (Lipinski definition) is 0. The molecule has 23 heavy (non-hydrogen) atoms. The van der Waals surface area contributed by atoms with Crippen molar-refractivity contribution in [3.63, 3.8) is 0 Å². The van der Waals surface area contributed by atoms with Gasteiger partial charge in [-0.25, -0.2) is 0 Å². The van der Waals surface area contributed by atoms with Crippen molar-refractivity contribution in [3.8, 4) is 5.75 Å². The highest BCUT2D eigenvalue weighted by Gasteiger charge is 2.26. The van der Waals surface area contributed by atoms with E-state index in [1.54, 1.807) is 11.8 Å². The molecular weight excluding hydrogens is 290 g/mol. The van der Waals surface area contributed by atoms with E-state index in [-0.39, 0.29) is 5.91 Å². The molecule has 1 amide bonds. The number of hydrogen-bond acceptors (Lipinski definition) is 3. The van der Waals surface area contributed by atoms with Crippen LogP contribution in [0.5, 0.6) is 5.75 Å². The lowest BCUT2D eigenvalue weighted by atomic mass is 9.96. The van der Waals surface area contributed by atoms with Crippen LogP contribution < -0.4 is 9.64 Å². The van der Waals surface area contributed by atoms with E-state index in [9.17, 15) is 4.79 Å². The fourth-order valence-corrected chi connectivity index (χ4v) is 3.25. The zero-order valence-corrected chi connectivity index (χ0v) is 14.0. The zero-order valence-electron chi connectivity index (χ0n) is 14.0. The maximum Gasteiger partial charge on any atom is 0.227 e. The van der Waals surface area contributed by atoms with Gasteiger partial charge >= 0.3 is 0 Å². The summed E-state index contributed by atoms with van der Waals surface area (Å²) in [6, 6.07) is 4.03. The quantitative estimate of drug-likeness (QED) is 0.872. The molecule has 2 heterocycles. The number of aromatic nitrogens is 2. The Morgan fingerprint density at radius 1 is 1.39 bits per heavy atom. The van der Waals surface area contributed by atoms with Crippen LogP contribution in [0, 0.1) is 6.92 Å². The summed E-state index contributed by atoms with van der Waals surface area (Å²) in [5.74, 6) is 0.943. The highest BCUT2D eigenvalue weighted by atomic mass is 16.5. The summed E-state index contributed by atoms with van der Waals surface area (Å²) in [5, 5.41) is 4.15. The fourth-order valence-electron chi connectivity index (χ4n) is 3.25. The Morgan fingerprint density at radius 3 is 2.91 bits per heavy atom. The number of rotatable bonds is 4. The number of carbonyl (C=O) groups is 1. The number of methoxy groups -OCH3 is 1. The fraction of sp³-hybridized carbons (Fsp3) is 0.444. The first-order chi connectivity index (χ1) is 11.1. The van der Waals surface area contributed by atoms with Crippen LogP contribution in [0.15, 0.2) is 24.5 Å². The third-order valence-corrected chi connectivity index (χ3v) is 4.47. The molecule has 0 saturated carbocycles. The highest BCUT2D eigenvalue weighted by molar-refractivity contribution is 5.96. The van der Waals surface area contributed by atoms with Crippen molar-refractivity contribution >= 4 is 11.6 Å². The van der Waals surface area contributed by atoms with Gasteiger partial charge in [0.1, 0.15) is 5.75 Å². The van der Waals surface area contributed by atoms with E-state index in [0.29, 0.717) is 12.8 Å². The van der Waals surface area contributed by atoms with Crippen molar-refractivity contribution in [2.24, 2.45) is 7.05 Å². The Bertz CT molecular complexity index is 721. The molecule has 0 atom stereocenters. The molecule has 0 saturated heterocycles. The SMILES string of the molecule is COc1ccc(C)c2c1N(C(=O)CCc1cnn(C)c1)CCC2. The van der Waals surface area contributed by atoms with Gasteiger partial charge in [0.15, 0.2) is 0 Å². The Kier molecular flexibility index (Phi) is 4.37. The Hall–Kier alpha value is -2.30. The van der Waals surface area contributed by atoms with E-state index in [1.807, 2.05) is 30.4 Å². The second-order valence-electron chi connectivity index (χ2n) is 6.08. The molecule has 1 aliphatic heterocycles. The molecule has 5 nitrogen and oxygen atoms in total. The molecule has 1 aromatic carbocycles. The Labute approximate surface area is 136 Å². The number of carbonyl (C=O) groups excluding carboxylic acids is 1. The standard InChI is InChI=1S/C18H23N3O2/c1-13-6-8-16(23-3)18-15(13)5-4-10-21(18)17(22)9-7-14-11-19-20(2)12-14/h6,8,11-12H,4-5,7,9-10H2,1-3H3. The minimum Gasteiger partial charge on any atom is -0.495 e.